The Morgan fingerprint density at radius 3 is 2.59 bits per heavy atom. The molecule has 19 nitrogen and oxygen atoms in total. The van der Waals surface area contributed by atoms with Gasteiger partial charge in [-0.15, -0.1) is 0 Å². The van der Waals surface area contributed by atoms with Crippen molar-refractivity contribution in [1.82, 2.24) is 34.1 Å². The summed E-state index contributed by atoms with van der Waals surface area (Å²) in [5, 5.41) is 10.5. The Morgan fingerprint density at radius 2 is 1.80 bits per heavy atom. The number of hydrogen-bond donors (Lipinski definition) is 4. The summed E-state index contributed by atoms with van der Waals surface area (Å²) in [6.45, 7) is -6.24. The number of H-pyrrole nitrogens is 1. The second kappa shape index (κ2) is 12.6. The molecule has 2 bridgehead atoms. The second-order valence-electron chi connectivity index (χ2n) is 10.1. The van der Waals surface area contributed by atoms with Crippen LogP contribution in [-0.2, 0) is 43.9 Å². The van der Waals surface area contributed by atoms with Gasteiger partial charge in [-0.2, -0.15) is 0 Å². The minimum atomic E-state index is -5.17. The third-order valence-corrected chi connectivity index (χ3v) is 9.92. The van der Waals surface area contributed by atoms with Gasteiger partial charge in [-0.1, -0.05) is 11.8 Å². The molecule has 4 aromatic heterocycles. The van der Waals surface area contributed by atoms with E-state index in [4.69, 9.17) is 45.1 Å². The minimum absolute atomic E-state index is 0. The van der Waals surface area contributed by atoms with Crippen molar-refractivity contribution in [1.29, 1.82) is 0 Å². The Balaban J connectivity index is 0.00000372. The number of aliphatic hydroxyl groups excluding tert-OH is 1. The van der Waals surface area contributed by atoms with Crippen molar-refractivity contribution in [2.75, 3.05) is 18.9 Å². The fraction of sp³-hybridized carbons (Fsp3) is 0.476. The Bertz CT molecular complexity index is 1950. The van der Waals surface area contributed by atoms with Crippen LogP contribution in [0.25, 0.3) is 22.2 Å². The Hall–Kier alpha value is -1.85. The summed E-state index contributed by atoms with van der Waals surface area (Å²) in [6.07, 6.45) is -9.53. The molecule has 46 heavy (non-hydrogen) atoms. The van der Waals surface area contributed by atoms with Crippen molar-refractivity contribution < 1.29 is 85.4 Å². The Kier molecular flexibility index (Phi) is 9.29. The van der Waals surface area contributed by atoms with E-state index < -0.39 is 93.7 Å². The Labute approximate surface area is 282 Å². The quantitative estimate of drug-likeness (QED) is 0.115. The van der Waals surface area contributed by atoms with Crippen LogP contribution < -0.4 is 45.7 Å². The van der Waals surface area contributed by atoms with E-state index in [9.17, 15) is 28.6 Å². The van der Waals surface area contributed by atoms with Crippen molar-refractivity contribution >= 4 is 54.4 Å². The van der Waals surface area contributed by atoms with E-state index in [0.29, 0.717) is 0 Å². The normalized spacial score (nSPS) is 36.9. The van der Waals surface area contributed by atoms with Gasteiger partial charge in [-0.3, -0.25) is 18.4 Å². The number of anilines is 1. The molecule has 7 rings (SSSR count). The van der Waals surface area contributed by atoms with Gasteiger partial charge in [0.05, 0.1) is 25.9 Å². The number of hydrogen-bond acceptors (Lipinski definition) is 16. The summed E-state index contributed by atoms with van der Waals surface area (Å²) >= 11 is 4.99. The number of nitrogen functional groups attached to an aromatic ring is 1. The van der Waals surface area contributed by atoms with Crippen molar-refractivity contribution in [3.63, 3.8) is 0 Å². The number of aliphatic hydroxyl groups is 1. The van der Waals surface area contributed by atoms with Gasteiger partial charge in [0.15, 0.2) is 41.6 Å². The number of halogens is 2. The molecule has 242 valence electrons. The number of phosphoric acid groups is 1. The van der Waals surface area contributed by atoms with E-state index in [1.54, 1.807) is 0 Å². The standard InChI is InChI=1S/C21H22F2N8O11P2S.Na/c22-7-1-30(17-10(7)19(33)28-5-26-17)21-15-13(32)8(39-21)2-38-44(36,45)42-14-9(3-37-43(34,35)41-15)40-20(11(14)23)31-6-29-12-16(24)25-4-27-18(12)31;/h1,4-6,8-9,11,13-15,20-21,32H,2-3H2,(H,34,35)(H,36,45)(H2,24,25,27)(H,26,28,33);/q;+1/p-1/t8-,9-,11-,13?,14-,15-,20-,21-,44?;/m1./s1. The largest absolute Gasteiger partial charge is 1.00 e. The summed E-state index contributed by atoms with van der Waals surface area (Å²) in [7, 11) is -5.17. The monoisotopic (exact) mass is 716 g/mol. The fourth-order valence-electron chi connectivity index (χ4n) is 5.37. The van der Waals surface area contributed by atoms with Gasteiger partial charge in [-0.05, 0) is 0 Å². The van der Waals surface area contributed by atoms with Gasteiger partial charge in [0, 0.05) is 6.20 Å². The molecule has 0 aromatic carbocycles. The molecule has 4 aromatic rings. The van der Waals surface area contributed by atoms with E-state index in [-0.39, 0.29) is 52.2 Å². The molecular weight excluding hydrogens is 695 g/mol. The SMILES string of the molecule is Nc1ncnc2c1ncn2[C@@H]1O[C@@H]2COP(=O)(O)O[C@@H]3C(O)[C@@H](COP([O-])(=S)O[C@H]2[C@H]1F)O[C@H]3n1cc(F)c2c(=O)[nH]cnc21.[Na+]. The van der Waals surface area contributed by atoms with Gasteiger partial charge >= 0.3 is 37.4 Å². The maximum absolute atomic E-state index is 15.9. The number of fused-ring (bicyclic) bond motifs is 5. The van der Waals surface area contributed by atoms with E-state index in [1.807, 2.05) is 0 Å². The van der Waals surface area contributed by atoms with E-state index in [2.05, 4.69) is 24.9 Å². The smallest absolute Gasteiger partial charge is 0.780 e. The zero-order valence-electron chi connectivity index (χ0n) is 23.2. The summed E-state index contributed by atoms with van der Waals surface area (Å²) < 4.78 is 78.4. The first-order chi connectivity index (χ1) is 21.3. The molecule has 5 N–H and O–H groups in total. The molecule has 3 aliphatic heterocycles. The molecule has 3 aliphatic rings. The molecule has 0 amide bonds. The number of alkyl halides is 1. The van der Waals surface area contributed by atoms with Crippen molar-refractivity contribution in [2.24, 2.45) is 0 Å². The molecule has 10 atom stereocenters. The zero-order valence-corrected chi connectivity index (χ0v) is 27.8. The van der Waals surface area contributed by atoms with Crippen molar-refractivity contribution in [3.8, 4) is 0 Å². The molecule has 0 radical (unpaired) electrons. The van der Waals surface area contributed by atoms with Crippen LogP contribution in [0, 0.1) is 5.82 Å². The summed E-state index contributed by atoms with van der Waals surface area (Å²) in [4.78, 5) is 54.2. The van der Waals surface area contributed by atoms with Crippen LogP contribution in [0.1, 0.15) is 12.5 Å². The first-order valence-corrected chi connectivity index (χ1v) is 17.0. The van der Waals surface area contributed by atoms with Gasteiger partial charge in [0.25, 0.3) is 5.56 Å². The van der Waals surface area contributed by atoms with Crippen LogP contribution in [0.5, 0.6) is 0 Å². The maximum Gasteiger partial charge on any atom is 1.00 e. The van der Waals surface area contributed by atoms with E-state index in [1.165, 1.54) is 6.33 Å². The van der Waals surface area contributed by atoms with Crippen molar-refractivity contribution in [2.45, 2.75) is 49.1 Å². The topological polar surface area (TPSA) is 256 Å². The van der Waals surface area contributed by atoms with Gasteiger partial charge in [0.2, 0.25) is 0 Å². The number of nitrogens with one attached hydrogen (secondary N) is 1. The van der Waals surface area contributed by atoms with Crippen molar-refractivity contribution in [3.05, 3.63) is 41.3 Å². The maximum atomic E-state index is 15.9. The molecule has 3 unspecified atom stereocenters. The van der Waals surface area contributed by atoms with Crippen LogP contribution in [0.4, 0.5) is 14.6 Å². The number of rotatable bonds is 2. The van der Waals surface area contributed by atoms with Crippen LogP contribution in [0.2, 0.25) is 0 Å². The average Bonchev–Trinajstić information content (AvgIpc) is 3.71. The number of aromatic nitrogens is 7. The van der Waals surface area contributed by atoms with Crippen LogP contribution >= 0.6 is 14.5 Å². The average molecular weight is 716 g/mol. The predicted molar refractivity (Wildman–Crippen MR) is 145 cm³/mol. The van der Waals surface area contributed by atoms with E-state index in [0.717, 1.165) is 28.0 Å². The number of aromatic amines is 1. The van der Waals surface area contributed by atoms with Crippen LogP contribution in [0.15, 0.2) is 30.0 Å². The molecular formula is C21H21F2N8NaO11P2S. The first kappa shape index (κ1) is 34.0. The number of imidazole rings is 1. The molecule has 7 heterocycles. The number of nitrogens with two attached hydrogens (primary N) is 1. The van der Waals surface area contributed by atoms with Crippen LogP contribution in [0.3, 0.4) is 0 Å². The number of nitrogens with zero attached hydrogens (tertiary/aromatic N) is 6. The predicted octanol–water partition coefficient (Wildman–Crippen LogP) is -3.71. The molecule has 0 saturated carbocycles. The molecule has 0 aliphatic carbocycles. The van der Waals surface area contributed by atoms with Gasteiger partial charge < -0.3 is 48.7 Å². The molecule has 0 spiro atoms. The number of ether oxygens (including phenoxy) is 2. The zero-order chi connectivity index (χ0) is 31.8. The second-order valence-corrected chi connectivity index (χ2v) is 14.2. The van der Waals surface area contributed by atoms with Crippen LogP contribution in [-0.4, -0.2) is 94.0 Å². The van der Waals surface area contributed by atoms with Gasteiger partial charge in [-0.25, -0.2) is 33.3 Å². The molecule has 3 saturated heterocycles. The molecule has 3 fully saturated rings. The van der Waals surface area contributed by atoms with E-state index >= 15 is 4.39 Å². The third kappa shape index (κ3) is 5.99. The summed E-state index contributed by atoms with van der Waals surface area (Å²) in [5.41, 5.74) is 4.95. The summed E-state index contributed by atoms with van der Waals surface area (Å²) in [6, 6.07) is 0. The van der Waals surface area contributed by atoms with Gasteiger partial charge in [0.1, 0.15) is 54.5 Å². The first-order valence-electron chi connectivity index (χ1n) is 12.9. The minimum Gasteiger partial charge on any atom is -0.780 e. The number of phosphoric ester groups is 1. The fourth-order valence-corrected chi connectivity index (χ4v) is 7.72. The summed E-state index contributed by atoms with van der Waals surface area (Å²) in [5.74, 6) is -1.01. The third-order valence-electron chi connectivity index (χ3n) is 7.39. The Morgan fingerprint density at radius 1 is 1.07 bits per heavy atom. The molecule has 25 heteroatoms.